The first kappa shape index (κ1) is 12.7. The minimum absolute atomic E-state index is 0.151. The molecule has 0 spiro atoms. The number of aromatic hydroxyl groups is 1. The van der Waals surface area contributed by atoms with Crippen LogP contribution < -0.4 is 4.90 Å². The molecule has 5 heteroatoms. The van der Waals surface area contributed by atoms with Crippen LogP contribution in [0.2, 0.25) is 0 Å². The van der Waals surface area contributed by atoms with Crippen molar-refractivity contribution in [2.24, 2.45) is 5.92 Å². The fourth-order valence-electron chi connectivity index (χ4n) is 3.37. The summed E-state index contributed by atoms with van der Waals surface area (Å²) in [6.07, 6.45) is 1.00. The Bertz CT molecular complexity index is 519. The lowest BCUT2D eigenvalue weighted by molar-refractivity contribution is -0.140. The van der Waals surface area contributed by atoms with Gasteiger partial charge in [-0.05, 0) is 29.6 Å². The van der Waals surface area contributed by atoms with Crippen LogP contribution >= 0.6 is 11.8 Å². The summed E-state index contributed by atoms with van der Waals surface area (Å²) in [5.41, 5.74) is 1.69. The van der Waals surface area contributed by atoms with E-state index in [1.807, 2.05) is 18.8 Å². The summed E-state index contributed by atoms with van der Waals surface area (Å²) in [6.45, 7) is 0. The third-order valence-electron chi connectivity index (χ3n) is 4.28. The second kappa shape index (κ2) is 4.63. The summed E-state index contributed by atoms with van der Waals surface area (Å²) in [5.74, 6) is 1.11. The zero-order chi connectivity index (χ0) is 13.6. The van der Waals surface area contributed by atoms with E-state index in [0.717, 1.165) is 29.2 Å². The van der Waals surface area contributed by atoms with Crippen molar-refractivity contribution < 1.29 is 15.0 Å². The molecule has 0 amide bonds. The van der Waals surface area contributed by atoms with E-state index in [9.17, 15) is 15.0 Å². The molecular formula is C14H17NO3S. The highest BCUT2D eigenvalue weighted by atomic mass is 32.2. The molecule has 3 rings (SSSR count). The quantitative estimate of drug-likeness (QED) is 0.824. The normalized spacial score (nSPS) is 29.5. The summed E-state index contributed by atoms with van der Waals surface area (Å²) < 4.78 is 0. The molecule has 0 aromatic heterocycles. The van der Waals surface area contributed by atoms with E-state index in [1.54, 1.807) is 18.2 Å². The number of nitrogens with zero attached hydrogens (tertiary/aromatic N) is 1. The summed E-state index contributed by atoms with van der Waals surface area (Å²) in [7, 11) is 2.00. The Morgan fingerprint density at radius 1 is 1.47 bits per heavy atom. The average Bonchev–Trinajstić information content (AvgIpc) is 2.39. The standard InChI is InChI=1S/C14H17NO3S/c1-15-11-4-5-19-7-10(11)13(14(17)18)9-3-2-8(16)6-12(9)15/h2-3,6,10-11,13,16H,4-5,7H2,1H3,(H,17,18). The van der Waals surface area contributed by atoms with Gasteiger partial charge in [0.25, 0.3) is 0 Å². The smallest absolute Gasteiger partial charge is 0.311 e. The number of carbonyl (C=O) groups is 1. The van der Waals surface area contributed by atoms with Gasteiger partial charge in [0.2, 0.25) is 0 Å². The number of benzene rings is 1. The van der Waals surface area contributed by atoms with Crippen LogP contribution in [-0.2, 0) is 4.79 Å². The van der Waals surface area contributed by atoms with Gasteiger partial charge in [0.1, 0.15) is 5.75 Å². The summed E-state index contributed by atoms with van der Waals surface area (Å²) in [5, 5.41) is 19.2. The van der Waals surface area contributed by atoms with Crippen LogP contribution in [0, 0.1) is 5.92 Å². The third-order valence-corrected chi connectivity index (χ3v) is 5.43. The van der Waals surface area contributed by atoms with E-state index in [2.05, 4.69) is 4.90 Å². The van der Waals surface area contributed by atoms with Gasteiger partial charge in [-0.2, -0.15) is 11.8 Å². The number of rotatable bonds is 1. The van der Waals surface area contributed by atoms with E-state index in [4.69, 9.17) is 0 Å². The van der Waals surface area contributed by atoms with Crippen LogP contribution in [0.25, 0.3) is 0 Å². The van der Waals surface area contributed by atoms with Gasteiger partial charge in [-0.15, -0.1) is 0 Å². The van der Waals surface area contributed by atoms with Gasteiger partial charge in [0, 0.05) is 30.8 Å². The van der Waals surface area contributed by atoms with Crippen LogP contribution in [-0.4, -0.2) is 40.8 Å². The number of anilines is 1. The van der Waals surface area contributed by atoms with Crippen LogP contribution in [0.3, 0.4) is 0 Å². The van der Waals surface area contributed by atoms with Gasteiger partial charge in [-0.3, -0.25) is 4.79 Å². The molecule has 3 unspecified atom stereocenters. The highest BCUT2D eigenvalue weighted by molar-refractivity contribution is 7.99. The first-order valence-corrected chi connectivity index (χ1v) is 7.61. The van der Waals surface area contributed by atoms with E-state index in [1.165, 1.54) is 0 Å². The number of thioether (sulfide) groups is 1. The van der Waals surface area contributed by atoms with Crippen molar-refractivity contribution in [3.05, 3.63) is 23.8 Å². The molecule has 0 saturated carbocycles. The molecule has 102 valence electrons. The lowest BCUT2D eigenvalue weighted by atomic mass is 9.76. The molecule has 2 N–H and O–H groups in total. The molecule has 1 aromatic rings. The van der Waals surface area contributed by atoms with Gasteiger partial charge >= 0.3 is 5.97 Å². The van der Waals surface area contributed by atoms with Crippen molar-refractivity contribution in [2.75, 3.05) is 23.5 Å². The summed E-state index contributed by atoms with van der Waals surface area (Å²) in [6, 6.07) is 5.29. The fourth-order valence-corrected chi connectivity index (χ4v) is 4.64. The molecule has 1 aromatic carbocycles. The Labute approximate surface area is 116 Å². The van der Waals surface area contributed by atoms with Crippen LogP contribution in [0.5, 0.6) is 5.75 Å². The highest BCUT2D eigenvalue weighted by Gasteiger charge is 2.44. The first-order valence-electron chi connectivity index (χ1n) is 6.46. The number of aliphatic carboxylic acids is 1. The van der Waals surface area contributed by atoms with Gasteiger partial charge in [0.05, 0.1) is 5.92 Å². The molecule has 0 radical (unpaired) electrons. The Morgan fingerprint density at radius 3 is 3.00 bits per heavy atom. The predicted molar refractivity (Wildman–Crippen MR) is 76.1 cm³/mol. The second-order valence-electron chi connectivity index (χ2n) is 5.26. The van der Waals surface area contributed by atoms with Gasteiger partial charge in [-0.25, -0.2) is 0 Å². The average molecular weight is 279 g/mol. The number of phenols is 1. The van der Waals surface area contributed by atoms with Crippen LogP contribution in [0.1, 0.15) is 17.9 Å². The van der Waals surface area contributed by atoms with Crippen molar-refractivity contribution in [3.8, 4) is 5.75 Å². The molecule has 4 nitrogen and oxygen atoms in total. The maximum absolute atomic E-state index is 11.7. The maximum Gasteiger partial charge on any atom is 0.311 e. The summed E-state index contributed by atoms with van der Waals surface area (Å²) >= 11 is 1.84. The molecule has 2 aliphatic rings. The zero-order valence-electron chi connectivity index (χ0n) is 10.7. The van der Waals surface area contributed by atoms with E-state index in [0.29, 0.717) is 0 Å². The monoisotopic (exact) mass is 279 g/mol. The first-order chi connectivity index (χ1) is 9.09. The lowest BCUT2D eigenvalue weighted by Crippen LogP contribution is -2.50. The Hall–Kier alpha value is -1.36. The number of hydrogen-bond acceptors (Lipinski definition) is 4. The molecule has 1 saturated heterocycles. The van der Waals surface area contributed by atoms with Crippen LogP contribution in [0.4, 0.5) is 5.69 Å². The van der Waals surface area contributed by atoms with Crippen molar-refractivity contribution in [3.63, 3.8) is 0 Å². The SMILES string of the molecule is CN1c2cc(O)ccc2C(C(=O)O)C2CSCCC21. The van der Waals surface area contributed by atoms with Crippen molar-refractivity contribution in [2.45, 2.75) is 18.4 Å². The predicted octanol–water partition coefficient (Wildman–Crippen LogP) is 2.13. The molecule has 19 heavy (non-hydrogen) atoms. The molecule has 0 aliphatic carbocycles. The van der Waals surface area contributed by atoms with Crippen LogP contribution in [0.15, 0.2) is 18.2 Å². The molecular weight excluding hydrogens is 262 g/mol. The molecule has 2 heterocycles. The molecule has 1 fully saturated rings. The number of carboxylic acid groups (broad SMARTS) is 1. The lowest BCUT2D eigenvalue weighted by Gasteiger charge is -2.46. The highest BCUT2D eigenvalue weighted by Crippen LogP contribution is 2.46. The van der Waals surface area contributed by atoms with E-state index in [-0.39, 0.29) is 17.7 Å². The van der Waals surface area contributed by atoms with Crippen molar-refractivity contribution in [1.29, 1.82) is 0 Å². The number of fused-ring (bicyclic) bond motifs is 2. The van der Waals surface area contributed by atoms with Gasteiger partial charge in [-0.1, -0.05) is 6.07 Å². The Balaban J connectivity index is 2.13. The van der Waals surface area contributed by atoms with E-state index >= 15 is 0 Å². The number of carboxylic acids is 1. The second-order valence-corrected chi connectivity index (χ2v) is 6.41. The van der Waals surface area contributed by atoms with Gasteiger partial charge in [0.15, 0.2) is 0 Å². The maximum atomic E-state index is 11.7. The van der Waals surface area contributed by atoms with Crippen molar-refractivity contribution in [1.82, 2.24) is 0 Å². The minimum Gasteiger partial charge on any atom is -0.508 e. The fraction of sp³-hybridized carbons (Fsp3) is 0.500. The third kappa shape index (κ3) is 1.96. The van der Waals surface area contributed by atoms with Gasteiger partial charge < -0.3 is 15.1 Å². The Kier molecular flexibility index (Phi) is 3.09. The molecule has 2 aliphatic heterocycles. The molecule has 0 bridgehead atoms. The zero-order valence-corrected chi connectivity index (χ0v) is 11.6. The number of phenolic OH excluding ortho intramolecular Hbond substituents is 1. The topological polar surface area (TPSA) is 60.8 Å². The van der Waals surface area contributed by atoms with Crippen molar-refractivity contribution >= 4 is 23.4 Å². The summed E-state index contributed by atoms with van der Waals surface area (Å²) in [4.78, 5) is 13.8. The largest absolute Gasteiger partial charge is 0.508 e. The minimum atomic E-state index is -0.752. The number of hydrogen-bond donors (Lipinski definition) is 2. The Morgan fingerprint density at radius 2 is 2.26 bits per heavy atom. The molecule has 3 atom stereocenters. The van der Waals surface area contributed by atoms with E-state index < -0.39 is 11.9 Å².